The van der Waals surface area contributed by atoms with Crippen molar-refractivity contribution in [2.45, 2.75) is 20.8 Å². The summed E-state index contributed by atoms with van der Waals surface area (Å²) in [6, 6.07) is 9.14. The van der Waals surface area contributed by atoms with E-state index in [9.17, 15) is 4.79 Å². The summed E-state index contributed by atoms with van der Waals surface area (Å²) in [7, 11) is 0. The molecule has 1 heterocycles. The van der Waals surface area contributed by atoms with Gasteiger partial charge in [0, 0.05) is 10.0 Å². The number of anilines is 1. The molecule has 3 rings (SSSR count). The van der Waals surface area contributed by atoms with Crippen LogP contribution in [0.15, 0.2) is 34.8 Å². The number of benzene rings is 2. The average molecular weight is 465 g/mol. The number of halogens is 1. The van der Waals surface area contributed by atoms with Crippen molar-refractivity contribution in [3.8, 4) is 17.2 Å². The summed E-state index contributed by atoms with van der Waals surface area (Å²) >= 11 is 4.90. The van der Waals surface area contributed by atoms with Gasteiger partial charge in [-0.05, 0) is 61.0 Å². The molecule has 1 amide bonds. The van der Waals surface area contributed by atoms with E-state index >= 15 is 0 Å². The monoisotopic (exact) mass is 464 g/mol. The van der Waals surface area contributed by atoms with E-state index in [0.29, 0.717) is 47.8 Å². The zero-order valence-corrected chi connectivity index (χ0v) is 18.3. The molecule has 8 heteroatoms. The SMILES string of the molecule is CCOc1cc(C(=O)Nc2nc3c(Br)cccc3s2)cc(OCC)c1OCC. The minimum atomic E-state index is -0.292. The van der Waals surface area contributed by atoms with Crippen molar-refractivity contribution in [3.63, 3.8) is 0 Å². The van der Waals surface area contributed by atoms with Crippen molar-refractivity contribution in [1.82, 2.24) is 4.98 Å². The van der Waals surface area contributed by atoms with Crippen LogP contribution >= 0.6 is 27.3 Å². The highest BCUT2D eigenvalue weighted by Crippen LogP contribution is 2.39. The predicted octanol–water partition coefficient (Wildman–Crippen LogP) is 5.51. The highest BCUT2D eigenvalue weighted by Gasteiger charge is 2.19. The van der Waals surface area contributed by atoms with Gasteiger partial charge >= 0.3 is 0 Å². The zero-order valence-electron chi connectivity index (χ0n) is 15.9. The Morgan fingerprint density at radius 3 is 2.29 bits per heavy atom. The first-order valence-electron chi connectivity index (χ1n) is 9.00. The molecule has 1 N–H and O–H groups in total. The number of nitrogens with one attached hydrogen (secondary N) is 1. The Hall–Kier alpha value is -2.32. The third kappa shape index (κ3) is 4.39. The average Bonchev–Trinajstić information content (AvgIpc) is 3.08. The van der Waals surface area contributed by atoms with Gasteiger partial charge in [-0.2, -0.15) is 0 Å². The molecule has 3 aromatic rings. The molecule has 2 aromatic carbocycles. The van der Waals surface area contributed by atoms with E-state index < -0.39 is 0 Å². The van der Waals surface area contributed by atoms with Gasteiger partial charge in [-0.15, -0.1) is 0 Å². The fourth-order valence-electron chi connectivity index (χ4n) is 2.66. The molecule has 1 aromatic heterocycles. The van der Waals surface area contributed by atoms with Crippen molar-refractivity contribution in [3.05, 3.63) is 40.4 Å². The third-order valence-corrected chi connectivity index (χ3v) is 5.34. The predicted molar refractivity (Wildman–Crippen MR) is 115 cm³/mol. The number of para-hydroxylation sites is 1. The van der Waals surface area contributed by atoms with E-state index in [0.717, 1.165) is 14.7 Å². The number of hydrogen-bond donors (Lipinski definition) is 1. The molecule has 148 valence electrons. The zero-order chi connectivity index (χ0) is 20.1. The van der Waals surface area contributed by atoms with Crippen LogP contribution in [0.2, 0.25) is 0 Å². The van der Waals surface area contributed by atoms with Crippen LogP contribution in [-0.2, 0) is 0 Å². The van der Waals surface area contributed by atoms with Gasteiger partial charge in [0.1, 0.15) is 0 Å². The number of nitrogens with zero attached hydrogens (tertiary/aromatic N) is 1. The van der Waals surface area contributed by atoms with Gasteiger partial charge in [0.25, 0.3) is 5.91 Å². The first-order valence-corrected chi connectivity index (χ1v) is 10.6. The molecule has 0 spiro atoms. The number of aromatic nitrogens is 1. The van der Waals surface area contributed by atoms with E-state index in [-0.39, 0.29) is 5.91 Å². The van der Waals surface area contributed by atoms with Gasteiger partial charge in [0.2, 0.25) is 5.75 Å². The Morgan fingerprint density at radius 2 is 1.71 bits per heavy atom. The Bertz CT molecular complexity index is 962. The van der Waals surface area contributed by atoms with Crippen LogP contribution in [0.25, 0.3) is 10.2 Å². The standard InChI is InChI=1S/C20H21BrN2O4S/c1-4-25-14-10-12(11-15(26-5-2)18(14)27-6-3)19(24)23-20-22-17-13(21)8-7-9-16(17)28-20/h7-11H,4-6H2,1-3H3,(H,22,23,24). The van der Waals surface area contributed by atoms with Gasteiger partial charge in [-0.1, -0.05) is 17.4 Å². The Kier molecular flexibility index (Phi) is 6.74. The quantitative estimate of drug-likeness (QED) is 0.475. The molecule has 0 atom stereocenters. The summed E-state index contributed by atoms with van der Waals surface area (Å²) in [5.41, 5.74) is 1.23. The molecule has 0 aliphatic carbocycles. The first-order chi connectivity index (χ1) is 13.6. The summed E-state index contributed by atoms with van der Waals surface area (Å²) in [6.07, 6.45) is 0. The van der Waals surface area contributed by atoms with Crippen LogP contribution in [0.3, 0.4) is 0 Å². The van der Waals surface area contributed by atoms with Gasteiger partial charge in [-0.3, -0.25) is 10.1 Å². The maximum absolute atomic E-state index is 12.8. The Balaban J connectivity index is 1.93. The minimum Gasteiger partial charge on any atom is -0.490 e. The molecule has 6 nitrogen and oxygen atoms in total. The molecule has 0 unspecified atom stereocenters. The number of amides is 1. The number of rotatable bonds is 8. The van der Waals surface area contributed by atoms with Crippen LogP contribution in [0.4, 0.5) is 5.13 Å². The number of thiazole rings is 1. The van der Waals surface area contributed by atoms with Crippen LogP contribution < -0.4 is 19.5 Å². The molecular formula is C20H21BrN2O4S. The van der Waals surface area contributed by atoms with E-state index in [2.05, 4.69) is 26.2 Å². The lowest BCUT2D eigenvalue weighted by Crippen LogP contribution is -2.13. The lowest BCUT2D eigenvalue weighted by atomic mass is 10.1. The lowest BCUT2D eigenvalue weighted by Gasteiger charge is -2.16. The lowest BCUT2D eigenvalue weighted by molar-refractivity contribution is 0.102. The second-order valence-electron chi connectivity index (χ2n) is 5.66. The largest absolute Gasteiger partial charge is 0.490 e. The number of ether oxygens (including phenoxy) is 3. The number of carbonyl (C=O) groups excluding carboxylic acids is 1. The van der Waals surface area contributed by atoms with Crippen molar-refractivity contribution in [1.29, 1.82) is 0 Å². The van der Waals surface area contributed by atoms with Crippen LogP contribution in [0.1, 0.15) is 31.1 Å². The summed E-state index contributed by atoms with van der Waals surface area (Å²) in [5.74, 6) is 1.17. The van der Waals surface area contributed by atoms with Crippen LogP contribution in [0.5, 0.6) is 17.2 Å². The highest BCUT2D eigenvalue weighted by molar-refractivity contribution is 9.10. The smallest absolute Gasteiger partial charge is 0.257 e. The van der Waals surface area contributed by atoms with Crippen LogP contribution in [-0.4, -0.2) is 30.7 Å². The number of fused-ring (bicyclic) bond motifs is 1. The molecule has 0 aliphatic heterocycles. The van der Waals surface area contributed by atoms with E-state index in [4.69, 9.17) is 14.2 Å². The van der Waals surface area contributed by atoms with Gasteiger partial charge < -0.3 is 14.2 Å². The topological polar surface area (TPSA) is 69.7 Å². The molecular weight excluding hydrogens is 444 g/mol. The number of hydrogen-bond acceptors (Lipinski definition) is 6. The van der Waals surface area contributed by atoms with Crippen LogP contribution in [0, 0.1) is 0 Å². The van der Waals surface area contributed by atoms with E-state index in [1.165, 1.54) is 11.3 Å². The van der Waals surface area contributed by atoms with Gasteiger partial charge in [-0.25, -0.2) is 4.98 Å². The first kappa shape index (κ1) is 20.4. The van der Waals surface area contributed by atoms with Crippen molar-refractivity contribution >= 4 is 48.5 Å². The number of carbonyl (C=O) groups is 1. The summed E-state index contributed by atoms with van der Waals surface area (Å²) in [6.45, 7) is 7.00. The molecule has 0 saturated carbocycles. The summed E-state index contributed by atoms with van der Waals surface area (Å²) < 4.78 is 18.9. The van der Waals surface area contributed by atoms with Crippen molar-refractivity contribution in [2.75, 3.05) is 25.1 Å². The second kappa shape index (κ2) is 9.25. The third-order valence-electron chi connectivity index (χ3n) is 3.76. The van der Waals surface area contributed by atoms with Crippen molar-refractivity contribution in [2.24, 2.45) is 0 Å². The fraction of sp³-hybridized carbons (Fsp3) is 0.300. The molecule has 0 bridgehead atoms. The molecule has 0 fully saturated rings. The van der Waals surface area contributed by atoms with E-state index in [1.807, 2.05) is 39.0 Å². The van der Waals surface area contributed by atoms with E-state index in [1.54, 1.807) is 12.1 Å². The van der Waals surface area contributed by atoms with Gasteiger partial charge in [0.05, 0.1) is 30.0 Å². The Labute approximate surface area is 176 Å². The van der Waals surface area contributed by atoms with Crippen molar-refractivity contribution < 1.29 is 19.0 Å². The highest BCUT2D eigenvalue weighted by atomic mass is 79.9. The maximum Gasteiger partial charge on any atom is 0.257 e. The maximum atomic E-state index is 12.8. The molecule has 0 radical (unpaired) electrons. The fourth-order valence-corrected chi connectivity index (χ4v) is 4.13. The Morgan fingerprint density at radius 1 is 1.07 bits per heavy atom. The summed E-state index contributed by atoms with van der Waals surface area (Å²) in [4.78, 5) is 17.3. The minimum absolute atomic E-state index is 0.292. The second-order valence-corrected chi connectivity index (χ2v) is 7.55. The normalized spacial score (nSPS) is 10.7. The molecule has 28 heavy (non-hydrogen) atoms. The molecule has 0 saturated heterocycles. The van der Waals surface area contributed by atoms with Gasteiger partial charge in [0.15, 0.2) is 16.6 Å². The molecule has 0 aliphatic rings. The summed E-state index contributed by atoms with van der Waals surface area (Å²) in [5, 5.41) is 3.39.